The molecule has 0 aromatic carbocycles. The van der Waals surface area contributed by atoms with E-state index in [1.54, 1.807) is 0 Å². The molecule has 0 spiro atoms. The summed E-state index contributed by atoms with van der Waals surface area (Å²) in [6, 6.07) is 0.146. The molecule has 286 valence electrons. The highest BCUT2D eigenvalue weighted by molar-refractivity contribution is 6.74. The van der Waals surface area contributed by atoms with Crippen molar-refractivity contribution in [2.24, 2.45) is 0 Å². The Morgan fingerprint density at radius 3 is 1.20 bits per heavy atom. The number of nitrogens with one attached hydrogen (secondary N) is 1. The average Bonchev–Trinajstić information content (AvgIpc) is 3.31. The molecular formula is C36H71N5O7Si. The van der Waals surface area contributed by atoms with Crippen LogP contribution in [0.5, 0.6) is 0 Å². The molecule has 13 heteroatoms. The van der Waals surface area contributed by atoms with Crippen LogP contribution in [0.1, 0.15) is 83.1 Å². The molecule has 2 fully saturated rings. The lowest BCUT2D eigenvalue weighted by atomic mass is 10.1. The predicted molar refractivity (Wildman–Crippen MR) is 197 cm³/mol. The smallest absolute Gasteiger partial charge is 0.320 e. The third-order valence-electron chi connectivity index (χ3n) is 9.04. The van der Waals surface area contributed by atoms with Crippen molar-refractivity contribution in [3.05, 3.63) is 0 Å². The highest BCUT2D eigenvalue weighted by Crippen LogP contribution is 2.38. The van der Waals surface area contributed by atoms with Gasteiger partial charge in [-0.3, -0.25) is 34.0 Å². The van der Waals surface area contributed by atoms with E-state index in [0.29, 0.717) is 52.4 Å². The van der Waals surface area contributed by atoms with E-state index in [0.717, 1.165) is 13.1 Å². The zero-order valence-electron chi connectivity index (χ0n) is 33.5. The summed E-state index contributed by atoms with van der Waals surface area (Å²) in [5.74, 6) is -0.838. The first-order valence-corrected chi connectivity index (χ1v) is 21.1. The van der Waals surface area contributed by atoms with Gasteiger partial charge in [0.05, 0.1) is 25.7 Å². The summed E-state index contributed by atoms with van der Waals surface area (Å²) >= 11 is 0. The summed E-state index contributed by atoms with van der Waals surface area (Å²) in [4.78, 5) is 47.9. The number of esters is 3. The van der Waals surface area contributed by atoms with E-state index in [-0.39, 0.29) is 54.7 Å². The Morgan fingerprint density at radius 1 is 0.571 bits per heavy atom. The summed E-state index contributed by atoms with van der Waals surface area (Å²) in [6.07, 6.45) is 0.0386. The van der Waals surface area contributed by atoms with Gasteiger partial charge in [0.2, 0.25) is 0 Å². The third-order valence-corrected chi connectivity index (χ3v) is 13.5. The first-order chi connectivity index (χ1) is 22.2. The minimum absolute atomic E-state index is 0.0386. The SMILES string of the molecule is CC(C)(C)OC(=O)CN1CCN(CC(=O)OC(C)(C)C)CCN([C@H]2CNC[C@@H]2O[Si](C)(C)C(C)(C)C)CCN(CC(=O)OC(C)(C)C)CC1. The van der Waals surface area contributed by atoms with Gasteiger partial charge in [0, 0.05) is 71.5 Å². The van der Waals surface area contributed by atoms with Crippen LogP contribution < -0.4 is 5.32 Å². The van der Waals surface area contributed by atoms with Crippen LogP contribution in [0.4, 0.5) is 0 Å². The molecule has 0 bridgehead atoms. The third kappa shape index (κ3) is 17.0. The normalized spacial score (nSPS) is 22.7. The lowest BCUT2D eigenvalue weighted by Gasteiger charge is -2.42. The number of carbonyl (C=O) groups is 3. The second-order valence-electron chi connectivity index (χ2n) is 18.3. The minimum atomic E-state index is -2.04. The van der Waals surface area contributed by atoms with Crippen LogP contribution in [0.3, 0.4) is 0 Å². The molecule has 2 atom stereocenters. The van der Waals surface area contributed by atoms with Crippen LogP contribution in [-0.4, -0.2) is 160 Å². The number of ether oxygens (including phenoxy) is 3. The second-order valence-corrected chi connectivity index (χ2v) is 23.0. The van der Waals surface area contributed by atoms with Crippen LogP contribution in [0.25, 0.3) is 0 Å². The lowest BCUT2D eigenvalue weighted by Crippen LogP contribution is -2.55. The van der Waals surface area contributed by atoms with Crippen LogP contribution in [0.15, 0.2) is 0 Å². The quantitative estimate of drug-likeness (QED) is 0.214. The van der Waals surface area contributed by atoms with E-state index < -0.39 is 25.1 Å². The highest BCUT2D eigenvalue weighted by Gasteiger charge is 2.43. The van der Waals surface area contributed by atoms with Gasteiger partial charge in [0.1, 0.15) is 16.8 Å². The highest BCUT2D eigenvalue weighted by atomic mass is 28.4. The molecule has 0 amide bonds. The Hall–Kier alpha value is -1.61. The largest absolute Gasteiger partial charge is 0.459 e. The van der Waals surface area contributed by atoms with Gasteiger partial charge < -0.3 is 24.0 Å². The van der Waals surface area contributed by atoms with E-state index >= 15 is 0 Å². The van der Waals surface area contributed by atoms with Gasteiger partial charge in [0.25, 0.3) is 0 Å². The Bertz CT molecular complexity index is 1030. The number of nitrogens with zero attached hydrogens (tertiary/aromatic N) is 4. The summed E-state index contributed by atoms with van der Waals surface area (Å²) < 4.78 is 24.1. The monoisotopic (exact) mass is 714 g/mol. The first-order valence-electron chi connectivity index (χ1n) is 18.2. The summed E-state index contributed by atoms with van der Waals surface area (Å²) in [6.45, 7) is 35.2. The van der Waals surface area contributed by atoms with Crippen molar-refractivity contribution in [3.8, 4) is 0 Å². The predicted octanol–water partition coefficient (Wildman–Crippen LogP) is 3.60. The van der Waals surface area contributed by atoms with E-state index in [1.165, 1.54) is 0 Å². The van der Waals surface area contributed by atoms with Crippen molar-refractivity contribution in [1.82, 2.24) is 24.9 Å². The van der Waals surface area contributed by atoms with Gasteiger partial charge in [-0.1, -0.05) is 20.8 Å². The van der Waals surface area contributed by atoms with Crippen molar-refractivity contribution in [2.45, 2.75) is 130 Å². The van der Waals surface area contributed by atoms with E-state index in [2.05, 4.69) is 58.8 Å². The Morgan fingerprint density at radius 2 is 0.898 bits per heavy atom. The topological polar surface area (TPSA) is 113 Å². The molecule has 0 aliphatic carbocycles. The van der Waals surface area contributed by atoms with Crippen molar-refractivity contribution in [3.63, 3.8) is 0 Å². The van der Waals surface area contributed by atoms with Gasteiger partial charge in [-0.05, 0) is 80.4 Å². The molecule has 12 nitrogen and oxygen atoms in total. The van der Waals surface area contributed by atoms with Gasteiger partial charge in [-0.2, -0.15) is 0 Å². The van der Waals surface area contributed by atoms with Crippen molar-refractivity contribution in [1.29, 1.82) is 0 Å². The molecule has 0 radical (unpaired) electrons. The summed E-state index contributed by atoms with van der Waals surface area (Å²) in [7, 11) is -2.04. The molecule has 0 aromatic rings. The van der Waals surface area contributed by atoms with Gasteiger partial charge in [0.15, 0.2) is 8.32 Å². The van der Waals surface area contributed by atoms with Crippen LogP contribution in [0, 0.1) is 0 Å². The minimum Gasteiger partial charge on any atom is -0.459 e. The maximum absolute atomic E-state index is 13.1. The number of carbonyl (C=O) groups excluding carboxylic acids is 3. The van der Waals surface area contributed by atoms with Crippen LogP contribution >= 0.6 is 0 Å². The van der Waals surface area contributed by atoms with Crippen molar-refractivity contribution in [2.75, 3.05) is 85.1 Å². The Balaban J connectivity index is 2.39. The molecule has 1 N–H and O–H groups in total. The molecule has 0 aromatic heterocycles. The van der Waals surface area contributed by atoms with E-state index in [1.807, 2.05) is 62.3 Å². The van der Waals surface area contributed by atoms with E-state index in [4.69, 9.17) is 18.6 Å². The van der Waals surface area contributed by atoms with Crippen molar-refractivity contribution < 1.29 is 33.0 Å². The van der Waals surface area contributed by atoms with Gasteiger partial charge >= 0.3 is 17.9 Å². The standard InChI is InChI=1S/C36H71N5O7Si/c1-33(2,3)45-30(42)25-38-15-17-39(26-31(43)46-34(4,5)6)19-21-41(22-20-40(18-16-38)27-32(44)47-35(7,8)9)28-23-37-24-29(28)48-49(13,14)36(10,11)12/h28-29,37H,15-27H2,1-14H3/t28-,29-/m0/s1. The number of hydrogen-bond donors (Lipinski definition) is 1. The zero-order chi connectivity index (χ0) is 37.4. The maximum Gasteiger partial charge on any atom is 0.320 e. The average molecular weight is 714 g/mol. The fraction of sp³-hybridized carbons (Fsp3) is 0.917. The molecule has 2 saturated heterocycles. The van der Waals surface area contributed by atoms with Gasteiger partial charge in [-0.25, -0.2) is 0 Å². The number of rotatable bonds is 9. The Labute approximate surface area is 299 Å². The van der Waals surface area contributed by atoms with Crippen molar-refractivity contribution >= 4 is 26.2 Å². The maximum atomic E-state index is 13.1. The fourth-order valence-electron chi connectivity index (χ4n) is 5.71. The second kappa shape index (κ2) is 17.7. The molecule has 2 heterocycles. The van der Waals surface area contributed by atoms with Crippen LogP contribution in [0.2, 0.25) is 18.1 Å². The molecule has 2 aliphatic heterocycles. The molecule has 0 saturated carbocycles. The lowest BCUT2D eigenvalue weighted by molar-refractivity contribution is -0.158. The van der Waals surface area contributed by atoms with Gasteiger partial charge in [-0.15, -0.1) is 0 Å². The molecule has 49 heavy (non-hydrogen) atoms. The Kier molecular flexibility index (Phi) is 15.8. The number of hydrogen-bond acceptors (Lipinski definition) is 12. The van der Waals surface area contributed by atoms with Crippen LogP contribution in [-0.2, 0) is 33.0 Å². The molecule has 2 aliphatic rings. The first kappa shape index (κ1) is 43.6. The molecule has 0 unspecified atom stereocenters. The summed E-state index contributed by atoms with van der Waals surface area (Å²) in [5, 5.41) is 3.67. The zero-order valence-corrected chi connectivity index (χ0v) is 34.5. The molecule has 2 rings (SSSR count). The summed E-state index contributed by atoms with van der Waals surface area (Å²) in [5.41, 5.74) is -1.76. The fourth-order valence-corrected chi connectivity index (χ4v) is 7.06. The molecular weight excluding hydrogens is 643 g/mol. The van der Waals surface area contributed by atoms with E-state index in [9.17, 15) is 14.4 Å².